The zero-order valence-electron chi connectivity index (χ0n) is 16.6. The van der Waals surface area contributed by atoms with Crippen LogP contribution in [0.5, 0.6) is 5.75 Å². The van der Waals surface area contributed by atoms with Crippen molar-refractivity contribution < 1.29 is 49.9 Å². The number of carbonyl (C=O) groups is 2. The molecule has 5 atom stereocenters. The maximum atomic E-state index is 13.6. The van der Waals surface area contributed by atoms with E-state index in [0.717, 1.165) is 7.14 Å². The number of hydrogen-bond acceptors (Lipinski definition) is 7. The molecule has 182 valence electrons. The van der Waals surface area contributed by atoms with Crippen LogP contribution < -0.4 is 4.74 Å². The van der Waals surface area contributed by atoms with Crippen LogP contribution in [0.15, 0.2) is 12.1 Å². The van der Waals surface area contributed by atoms with Crippen LogP contribution in [-0.2, 0) is 24.4 Å². The monoisotopic (exact) mass is 716 g/mol. The molecule has 0 aromatic heterocycles. The van der Waals surface area contributed by atoms with E-state index in [2.05, 4.69) is 45.2 Å². The molecule has 1 aromatic carbocycles. The van der Waals surface area contributed by atoms with Crippen LogP contribution in [0.25, 0.3) is 0 Å². The summed E-state index contributed by atoms with van der Waals surface area (Å²) in [5.41, 5.74) is 0.326. The molecule has 0 radical (unpaired) electrons. The molecule has 5 unspecified atom stereocenters. The molecule has 2 fully saturated rings. The maximum Gasteiger partial charge on any atom is 0.400 e. The molecule has 2 aliphatic carbocycles. The minimum absolute atomic E-state index is 0.248. The first kappa shape index (κ1) is 25.2. The highest BCUT2D eigenvalue weighted by molar-refractivity contribution is 14.1. The molecule has 33 heavy (non-hydrogen) atoms. The number of alkyl halides is 3. The van der Waals surface area contributed by atoms with Crippen molar-refractivity contribution in [3.63, 3.8) is 0 Å². The number of fused-ring (bicyclic) bond motifs is 4. The van der Waals surface area contributed by atoms with Gasteiger partial charge in [-0.2, -0.15) is 17.2 Å². The number of benzene rings is 1. The van der Waals surface area contributed by atoms with E-state index >= 15 is 0 Å². The van der Waals surface area contributed by atoms with Gasteiger partial charge in [0.25, 0.3) is 5.79 Å². The summed E-state index contributed by atoms with van der Waals surface area (Å²) in [5.74, 6) is -3.16. The van der Waals surface area contributed by atoms with E-state index in [4.69, 9.17) is 18.8 Å². The molecule has 3 aliphatic rings. The first-order valence-electron chi connectivity index (χ1n) is 9.82. The van der Waals surface area contributed by atoms with Gasteiger partial charge in [-0.15, -0.1) is 0 Å². The second-order valence-electron chi connectivity index (χ2n) is 8.27. The lowest BCUT2D eigenvalue weighted by Gasteiger charge is -2.41. The summed E-state index contributed by atoms with van der Waals surface area (Å²) in [6.45, 7) is -0.778. The van der Waals surface area contributed by atoms with E-state index in [1.807, 2.05) is 0 Å². The summed E-state index contributed by atoms with van der Waals surface area (Å²) in [7, 11) is -5.93. The molecule has 4 rings (SSSR count). The fraction of sp³-hybridized carbons (Fsp3) is 0.579. The molecule has 1 heterocycles. The summed E-state index contributed by atoms with van der Waals surface area (Å²) in [5, 5.41) is -4.99. The van der Waals surface area contributed by atoms with Gasteiger partial charge in [0.1, 0.15) is 11.3 Å². The second-order valence-corrected chi connectivity index (χ2v) is 12.1. The van der Waals surface area contributed by atoms with Gasteiger partial charge in [0.15, 0.2) is 6.17 Å². The summed E-state index contributed by atoms with van der Waals surface area (Å²) in [6, 6.07) is 3.44. The van der Waals surface area contributed by atoms with Crippen molar-refractivity contribution in [1.82, 2.24) is 0 Å². The van der Waals surface area contributed by atoms with E-state index in [1.165, 1.54) is 0 Å². The van der Waals surface area contributed by atoms with E-state index in [9.17, 15) is 31.2 Å². The lowest BCUT2D eigenvalue weighted by molar-refractivity contribution is -0.193. The van der Waals surface area contributed by atoms with Crippen molar-refractivity contribution in [3.8, 4) is 5.75 Å². The zero-order chi connectivity index (χ0) is 24.3. The number of hydrogen-bond donors (Lipinski definition) is 1. The third-order valence-electron chi connectivity index (χ3n) is 6.28. The van der Waals surface area contributed by atoms with Crippen LogP contribution in [0.2, 0.25) is 0 Å². The Hall–Kier alpha value is -0.880. The standard InChI is InChI=1S/C19H17F3I2O8S/c20-15(19(21,22)33(27,28)29)1-2-30-16(25)10-4-9-3-8(10)7-18(9)31-14-6-13(24)12(23)5-11(14)17(26)32-18/h5-6,8-10,15H,1-4,7H2,(H,27,28,29). The molecule has 1 aromatic rings. The van der Waals surface area contributed by atoms with Gasteiger partial charge in [-0.1, -0.05) is 0 Å². The lowest BCUT2D eigenvalue weighted by Crippen LogP contribution is -2.50. The molecule has 1 spiro atoms. The Kier molecular flexibility index (Phi) is 6.61. The first-order chi connectivity index (χ1) is 15.2. The maximum absolute atomic E-state index is 13.6. The Morgan fingerprint density at radius 3 is 2.55 bits per heavy atom. The smallest absolute Gasteiger partial charge is 0.400 e. The summed E-state index contributed by atoms with van der Waals surface area (Å²) in [4.78, 5) is 25.0. The Morgan fingerprint density at radius 1 is 1.27 bits per heavy atom. The van der Waals surface area contributed by atoms with Crippen LogP contribution in [-0.4, -0.2) is 48.7 Å². The molecular formula is C19H17F3I2O8S. The van der Waals surface area contributed by atoms with Crippen molar-refractivity contribution in [2.24, 2.45) is 17.8 Å². The quantitative estimate of drug-likeness (QED) is 0.268. The molecule has 2 saturated carbocycles. The van der Waals surface area contributed by atoms with Gasteiger partial charge in [-0.25, -0.2) is 9.18 Å². The lowest BCUT2D eigenvalue weighted by atomic mass is 9.84. The largest absolute Gasteiger partial charge is 0.465 e. The highest BCUT2D eigenvalue weighted by atomic mass is 127. The molecule has 8 nitrogen and oxygen atoms in total. The summed E-state index contributed by atoms with van der Waals surface area (Å²) in [6.07, 6.45) is -3.29. The Labute approximate surface area is 213 Å². The van der Waals surface area contributed by atoms with Crippen molar-refractivity contribution in [3.05, 3.63) is 24.8 Å². The van der Waals surface area contributed by atoms with E-state index in [-0.39, 0.29) is 24.7 Å². The zero-order valence-corrected chi connectivity index (χ0v) is 21.7. The number of rotatable bonds is 6. The van der Waals surface area contributed by atoms with Crippen molar-refractivity contribution in [1.29, 1.82) is 0 Å². The Bertz CT molecular complexity index is 1110. The Morgan fingerprint density at radius 2 is 1.94 bits per heavy atom. The minimum atomic E-state index is -5.93. The third-order valence-corrected chi connectivity index (χ3v) is 10.0. The number of ether oxygens (including phenoxy) is 3. The summed E-state index contributed by atoms with van der Waals surface area (Å²) < 4.78 is 88.1. The average Bonchev–Trinajstić information content (AvgIpc) is 3.26. The van der Waals surface area contributed by atoms with Crippen molar-refractivity contribution >= 4 is 67.2 Å². The average molecular weight is 716 g/mol. The highest BCUT2D eigenvalue weighted by Crippen LogP contribution is 2.58. The van der Waals surface area contributed by atoms with Gasteiger partial charge in [0, 0.05) is 25.9 Å². The van der Waals surface area contributed by atoms with Crippen molar-refractivity contribution in [2.45, 2.75) is 42.9 Å². The van der Waals surface area contributed by atoms with Crippen LogP contribution >= 0.6 is 45.2 Å². The SMILES string of the molecule is O=C1OC2(CC3CC2CC3C(=O)OCCC(F)C(F)(F)S(=O)(=O)O)Oc2cc(I)c(I)cc21. The number of carbonyl (C=O) groups excluding carboxylic acids is 2. The van der Waals surface area contributed by atoms with Crippen molar-refractivity contribution in [2.75, 3.05) is 6.61 Å². The van der Waals surface area contributed by atoms with Gasteiger partial charge in [0.2, 0.25) is 0 Å². The molecule has 2 bridgehead atoms. The van der Waals surface area contributed by atoms with Crippen LogP contribution in [0.4, 0.5) is 13.2 Å². The van der Waals surface area contributed by atoms with Gasteiger partial charge >= 0.3 is 27.3 Å². The molecular weight excluding hydrogens is 699 g/mol. The fourth-order valence-electron chi connectivity index (χ4n) is 4.67. The van der Waals surface area contributed by atoms with Crippen LogP contribution in [0.1, 0.15) is 36.0 Å². The summed E-state index contributed by atoms with van der Waals surface area (Å²) >= 11 is 4.23. The van der Waals surface area contributed by atoms with E-state index < -0.39 is 58.2 Å². The number of halogens is 5. The second kappa shape index (κ2) is 8.65. The topological polar surface area (TPSA) is 116 Å². The first-order valence-corrected chi connectivity index (χ1v) is 13.4. The fourth-order valence-corrected chi connectivity index (χ4v) is 6.02. The molecule has 1 aliphatic heterocycles. The van der Waals surface area contributed by atoms with Gasteiger partial charge < -0.3 is 14.2 Å². The van der Waals surface area contributed by atoms with Gasteiger partial charge in [0.05, 0.1) is 12.5 Å². The third kappa shape index (κ3) is 4.44. The van der Waals surface area contributed by atoms with Gasteiger partial charge in [-0.3, -0.25) is 9.35 Å². The van der Waals surface area contributed by atoms with Crippen LogP contribution in [0.3, 0.4) is 0 Å². The molecule has 1 N–H and O–H groups in total. The molecule has 0 saturated heterocycles. The number of esters is 2. The predicted molar refractivity (Wildman–Crippen MR) is 122 cm³/mol. The van der Waals surface area contributed by atoms with Gasteiger partial charge in [-0.05, 0) is 76.1 Å². The van der Waals surface area contributed by atoms with E-state index in [1.54, 1.807) is 12.1 Å². The normalized spacial score (nSPS) is 29.4. The highest BCUT2D eigenvalue weighted by Gasteiger charge is 2.63. The Balaban J connectivity index is 1.36. The van der Waals surface area contributed by atoms with E-state index in [0.29, 0.717) is 17.7 Å². The molecule has 0 amide bonds. The predicted octanol–water partition coefficient (Wildman–Crippen LogP) is 3.94. The molecule has 14 heteroatoms. The minimum Gasteiger partial charge on any atom is -0.465 e. The van der Waals surface area contributed by atoms with Crippen LogP contribution in [0, 0.1) is 24.9 Å².